The molecule has 9 nitrogen and oxygen atoms in total. The molecule has 1 aromatic heterocycles. The van der Waals surface area contributed by atoms with Crippen LogP contribution in [0.25, 0.3) is 16.6 Å². The second-order valence-electron chi connectivity index (χ2n) is 9.94. The molecule has 37 heavy (non-hydrogen) atoms. The molecule has 1 saturated carbocycles. The lowest BCUT2D eigenvalue weighted by molar-refractivity contribution is 0.0552. The Balaban J connectivity index is 1.68. The molecular weight excluding hydrogens is 470 g/mol. The van der Waals surface area contributed by atoms with Crippen LogP contribution in [0.4, 0.5) is 16.2 Å². The molecule has 0 unspecified atom stereocenters. The van der Waals surface area contributed by atoms with Crippen molar-refractivity contribution in [2.24, 2.45) is 5.92 Å². The Morgan fingerprint density at radius 3 is 2.38 bits per heavy atom. The van der Waals surface area contributed by atoms with Gasteiger partial charge in [-0.2, -0.15) is 0 Å². The number of hydrogen-bond donors (Lipinski definition) is 2. The molecule has 0 spiro atoms. The third-order valence-electron chi connectivity index (χ3n) is 5.82. The zero-order valence-electron chi connectivity index (χ0n) is 21.9. The van der Waals surface area contributed by atoms with Crippen LogP contribution in [0.5, 0.6) is 11.5 Å². The van der Waals surface area contributed by atoms with Crippen molar-refractivity contribution in [1.82, 2.24) is 15.3 Å². The third-order valence-corrected chi connectivity index (χ3v) is 5.82. The van der Waals surface area contributed by atoms with Crippen LogP contribution < -0.4 is 19.7 Å². The van der Waals surface area contributed by atoms with Crippen molar-refractivity contribution in [3.63, 3.8) is 0 Å². The molecule has 0 aliphatic heterocycles. The van der Waals surface area contributed by atoms with Gasteiger partial charge in [0.2, 0.25) is 0 Å². The van der Waals surface area contributed by atoms with Crippen LogP contribution >= 0.6 is 0 Å². The fourth-order valence-electron chi connectivity index (χ4n) is 3.81. The first-order valence-corrected chi connectivity index (χ1v) is 12.2. The summed E-state index contributed by atoms with van der Waals surface area (Å²) < 4.78 is 16.3. The molecule has 1 amide bonds. The number of benzene rings is 2. The van der Waals surface area contributed by atoms with Crippen LogP contribution in [0.1, 0.15) is 39.3 Å². The standard InChI is InChI=1S/C28H33N5O4/c1-28(2,3)37-27(34)31-15-19(14-29)26-16-30-24-9-8-20(12-25(24)32-26)33(17-18-6-7-18)21-10-22(35-4)13-23(11-21)36-5/h8-16,18,29H,6-7,17H2,1-5H3,(H,31,34)/b19-15+,29-14?. The maximum absolute atomic E-state index is 12.0. The quantitative estimate of drug-likeness (QED) is 0.360. The number of rotatable bonds is 9. The lowest BCUT2D eigenvalue weighted by Gasteiger charge is -2.26. The number of fused-ring (bicyclic) bond motifs is 1. The monoisotopic (exact) mass is 503 g/mol. The summed E-state index contributed by atoms with van der Waals surface area (Å²) in [5.74, 6) is 2.06. The third kappa shape index (κ3) is 6.75. The predicted octanol–water partition coefficient (Wildman–Crippen LogP) is 5.71. The Kier molecular flexibility index (Phi) is 7.61. The van der Waals surface area contributed by atoms with Gasteiger partial charge in [-0.15, -0.1) is 0 Å². The van der Waals surface area contributed by atoms with Gasteiger partial charge in [-0.1, -0.05) is 0 Å². The van der Waals surface area contributed by atoms with Gasteiger partial charge in [-0.3, -0.25) is 10.3 Å². The summed E-state index contributed by atoms with van der Waals surface area (Å²) >= 11 is 0. The lowest BCUT2D eigenvalue weighted by Crippen LogP contribution is -2.29. The minimum absolute atomic E-state index is 0.401. The Morgan fingerprint density at radius 1 is 1.08 bits per heavy atom. The van der Waals surface area contributed by atoms with Crippen molar-refractivity contribution >= 4 is 40.3 Å². The number of aromatic nitrogens is 2. The highest BCUT2D eigenvalue weighted by Crippen LogP contribution is 2.38. The number of hydrogen-bond acceptors (Lipinski definition) is 8. The van der Waals surface area contributed by atoms with Crippen molar-refractivity contribution < 1.29 is 19.0 Å². The number of ether oxygens (including phenoxy) is 3. The van der Waals surface area contributed by atoms with Gasteiger partial charge in [0, 0.05) is 54.1 Å². The van der Waals surface area contributed by atoms with Crippen LogP contribution in [-0.4, -0.2) is 48.6 Å². The average molecular weight is 504 g/mol. The molecule has 3 aromatic rings. The SMILES string of the molecule is COc1cc(OC)cc(N(CC2CC2)c2ccc3ncc(/C(C=N)=C/NC(=O)OC(C)(C)C)nc3c2)c1. The summed E-state index contributed by atoms with van der Waals surface area (Å²) in [6.07, 6.45) is 5.92. The molecule has 1 aliphatic rings. The molecule has 4 rings (SSSR count). The second kappa shape index (κ2) is 10.9. The molecule has 0 atom stereocenters. The van der Waals surface area contributed by atoms with Crippen LogP contribution in [0.15, 0.2) is 48.8 Å². The van der Waals surface area contributed by atoms with Gasteiger partial charge in [-0.25, -0.2) is 9.78 Å². The molecule has 194 valence electrons. The van der Waals surface area contributed by atoms with E-state index in [0.29, 0.717) is 22.7 Å². The Morgan fingerprint density at radius 2 is 1.78 bits per heavy atom. The zero-order chi connectivity index (χ0) is 26.6. The van der Waals surface area contributed by atoms with E-state index < -0.39 is 11.7 Å². The van der Waals surface area contributed by atoms with Crippen molar-refractivity contribution in [1.29, 1.82) is 5.41 Å². The normalized spacial score (nSPS) is 13.7. The summed E-state index contributed by atoms with van der Waals surface area (Å²) in [5.41, 5.74) is 3.58. The van der Waals surface area contributed by atoms with E-state index >= 15 is 0 Å². The van der Waals surface area contributed by atoms with Crippen molar-refractivity contribution in [2.75, 3.05) is 25.7 Å². The summed E-state index contributed by atoms with van der Waals surface area (Å²) in [6.45, 7) is 6.22. The summed E-state index contributed by atoms with van der Waals surface area (Å²) in [6, 6.07) is 11.8. The number of nitrogens with zero attached hydrogens (tertiary/aromatic N) is 3. The van der Waals surface area contributed by atoms with E-state index in [9.17, 15) is 4.79 Å². The molecule has 1 fully saturated rings. The zero-order valence-corrected chi connectivity index (χ0v) is 21.9. The van der Waals surface area contributed by atoms with E-state index in [1.807, 2.05) is 36.4 Å². The molecular formula is C28H33N5O4. The molecule has 0 bridgehead atoms. The first kappa shape index (κ1) is 25.9. The number of carbonyl (C=O) groups is 1. The van der Waals surface area contributed by atoms with Gasteiger partial charge in [0.05, 0.1) is 37.1 Å². The van der Waals surface area contributed by atoms with E-state index in [4.69, 9.17) is 24.6 Å². The minimum Gasteiger partial charge on any atom is -0.497 e. The number of amides is 1. The maximum atomic E-state index is 12.0. The number of alkyl carbamates (subject to hydrolysis) is 1. The molecule has 9 heteroatoms. The van der Waals surface area contributed by atoms with Crippen LogP contribution in [0.3, 0.4) is 0 Å². The highest BCUT2D eigenvalue weighted by atomic mass is 16.6. The van der Waals surface area contributed by atoms with Gasteiger partial charge in [-0.05, 0) is 57.7 Å². The first-order valence-electron chi connectivity index (χ1n) is 12.2. The topological polar surface area (TPSA) is 110 Å². The second-order valence-corrected chi connectivity index (χ2v) is 9.94. The van der Waals surface area contributed by atoms with Crippen LogP contribution in [-0.2, 0) is 4.74 Å². The summed E-state index contributed by atoms with van der Waals surface area (Å²) in [7, 11) is 3.28. The molecule has 1 aliphatic carbocycles. The van der Waals surface area contributed by atoms with Gasteiger partial charge < -0.3 is 24.5 Å². The summed E-state index contributed by atoms with van der Waals surface area (Å²) in [5, 5.41) is 10.4. The smallest absolute Gasteiger partial charge is 0.411 e. The molecule has 2 N–H and O–H groups in total. The Bertz CT molecular complexity index is 1310. The van der Waals surface area contributed by atoms with Crippen LogP contribution in [0.2, 0.25) is 0 Å². The van der Waals surface area contributed by atoms with Gasteiger partial charge in [0.15, 0.2) is 0 Å². The fourth-order valence-corrected chi connectivity index (χ4v) is 3.81. The van der Waals surface area contributed by atoms with E-state index in [1.54, 1.807) is 41.2 Å². The first-order chi connectivity index (χ1) is 17.7. The van der Waals surface area contributed by atoms with Crippen LogP contribution in [0, 0.1) is 11.3 Å². The van der Waals surface area contributed by atoms with Crippen molar-refractivity contribution in [2.45, 2.75) is 39.2 Å². The average Bonchev–Trinajstić information content (AvgIpc) is 3.70. The highest BCUT2D eigenvalue weighted by Gasteiger charge is 2.26. The number of methoxy groups -OCH3 is 2. The van der Waals surface area contributed by atoms with E-state index in [0.717, 1.165) is 41.1 Å². The highest BCUT2D eigenvalue weighted by molar-refractivity contribution is 6.08. The molecule has 1 heterocycles. The van der Waals surface area contributed by atoms with Gasteiger partial charge in [0.1, 0.15) is 17.1 Å². The van der Waals surface area contributed by atoms with Crippen molar-refractivity contribution in [3.8, 4) is 11.5 Å². The van der Waals surface area contributed by atoms with E-state index in [2.05, 4.69) is 15.2 Å². The van der Waals surface area contributed by atoms with E-state index in [-0.39, 0.29) is 0 Å². The van der Waals surface area contributed by atoms with Gasteiger partial charge in [0.25, 0.3) is 0 Å². The minimum atomic E-state index is -0.624. The maximum Gasteiger partial charge on any atom is 0.411 e. The molecule has 2 aromatic carbocycles. The van der Waals surface area contributed by atoms with Gasteiger partial charge >= 0.3 is 6.09 Å². The summed E-state index contributed by atoms with van der Waals surface area (Å²) in [4.78, 5) is 23.6. The number of anilines is 2. The number of carbonyl (C=O) groups excluding carboxylic acids is 1. The van der Waals surface area contributed by atoms with E-state index in [1.165, 1.54) is 19.0 Å². The Labute approximate surface area is 217 Å². The Hall–Kier alpha value is -4.14. The molecule has 0 saturated heterocycles. The fraction of sp³-hybridized carbons (Fsp3) is 0.357. The largest absolute Gasteiger partial charge is 0.497 e. The molecule has 0 radical (unpaired) electrons. The number of nitrogens with one attached hydrogen (secondary N) is 2. The predicted molar refractivity (Wildman–Crippen MR) is 145 cm³/mol. The van der Waals surface area contributed by atoms with Crippen molar-refractivity contribution in [3.05, 3.63) is 54.5 Å². The number of allylic oxidation sites excluding steroid dienone is 1. The lowest BCUT2D eigenvalue weighted by atomic mass is 10.1.